The number of amides is 1. The van der Waals surface area contributed by atoms with Crippen LogP contribution in [-0.4, -0.2) is 52.1 Å². The number of ether oxygens (including phenoxy) is 1. The van der Waals surface area contributed by atoms with Gasteiger partial charge in [0.1, 0.15) is 17.7 Å². The van der Waals surface area contributed by atoms with E-state index in [-0.39, 0.29) is 30.9 Å². The van der Waals surface area contributed by atoms with E-state index in [0.717, 1.165) is 25.7 Å². The van der Waals surface area contributed by atoms with Gasteiger partial charge in [0.05, 0.1) is 23.7 Å². The number of hydrogen-bond donors (Lipinski definition) is 2. The lowest BCUT2D eigenvalue weighted by molar-refractivity contribution is 0.0763. The molecule has 3 aliphatic rings. The van der Waals surface area contributed by atoms with E-state index >= 15 is 0 Å². The maximum absolute atomic E-state index is 14.1. The van der Waals surface area contributed by atoms with Gasteiger partial charge in [0.25, 0.3) is 5.91 Å². The third kappa shape index (κ3) is 4.29. The molecule has 0 spiro atoms. The maximum atomic E-state index is 14.1. The quantitative estimate of drug-likeness (QED) is 0.732. The van der Waals surface area contributed by atoms with Crippen LogP contribution in [0.3, 0.4) is 0 Å². The van der Waals surface area contributed by atoms with Crippen molar-refractivity contribution >= 4 is 23.1 Å². The van der Waals surface area contributed by atoms with Gasteiger partial charge in [-0.2, -0.15) is 0 Å². The van der Waals surface area contributed by atoms with Gasteiger partial charge in [-0.15, -0.1) is 0 Å². The number of benzene rings is 1. The highest BCUT2D eigenvalue weighted by Crippen LogP contribution is 2.32. The van der Waals surface area contributed by atoms with Crippen LogP contribution in [-0.2, 0) is 0 Å². The predicted molar refractivity (Wildman–Crippen MR) is 119 cm³/mol. The van der Waals surface area contributed by atoms with Gasteiger partial charge in [-0.05, 0) is 37.8 Å². The topological polar surface area (TPSA) is 93.4 Å². The Bertz CT molecular complexity index is 1050. The smallest absolute Gasteiger partial charge is 0.258 e. The number of hydrogen-bond acceptors (Lipinski definition) is 6. The lowest BCUT2D eigenvalue weighted by Crippen LogP contribution is -2.51. The Morgan fingerprint density at radius 1 is 1.19 bits per heavy atom. The Kier molecular flexibility index (Phi) is 5.73. The Morgan fingerprint density at radius 3 is 2.62 bits per heavy atom. The number of nitrogens with zero attached hydrogens (tertiary/aromatic N) is 3. The molecular formula is C23H25ClFN5O2. The van der Waals surface area contributed by atoms with Crippen molar-refractivity contribution in [2.45, 2.75) is 50.3 Å². The van der Waals surface area contributed by atoms with Gasteiger partial charge in [-0.3, -0.25) is 4.79 Å². The van der Waals surface area contributed by atoms with Gasteiger partial charge in [-0.25, -0.2) is 14.4 Å². The van der Waals surface area contributed by atoms with Crippen LogP contribution in [0.25, 0.3) is 5.57 Å². The number of nitrogens with two attached hydrogens (primary N) is 1. The number of piperidine rings is 2. The van der Waals surface area contributed by atoms with Gasteiger partial charge < -0.3 is 20.7 Å². The van der Waals surface area contributed by atoms with Crippen LogP contribution in [0.1, 0.15) is 48.3 Å². The van der Waals surface area contributed by atoms with Crippen molar-refractivity contribution in [3.8, 4) is 5.75 Å². The first-order valence-electron chi connectivity index (χ1n) is 10.9. The fourth-order valence-corrected chi connectivity index (χ4v) is 5.00. The summed E-state index contributed by atoms with van der Waals surface area (Å²) in [4.78, 5) is 23.4. The number of carbonyl (C=O) groups is 1. The number of nitrogens with one attached hydrogen (secondary N) is 1. The van der Waals surface area contributed by atoms with Crippen molar-refractivity contribution in [2.75, 3.05) is 13.1 Å². The van der Waals surface area contributed by atoms with Crippen LogP contribution >= 0.6 is 11.6 Å². The van der Waals surface area contributed by atoms with Crippen LogP contribution < -0.4 is 15.8 Å². The molecule has 2 bridgehead atoms. The number of rotatable bonds is 4. The minimum atomic E-state index is -0.431. The molecule has 3 atom stereocenters. The molecule has 5 rings (SSSR count). The third-order valence-electron chi connectivity index (χ3n) is 6.41. The van der Waals surface area contributed by atoms with Crippen molar-refractivity contribution in [1.82, 2.24) is 20.2 Å². The van der Waals surface area contributed by atoms with Crippen molar-refractivity contribution in [3.05, 3.63) is 58.5 Å². The van der Waals surface area contributed by atoms with E-state index < -0.39 is 5.82 Å². The summed E-state index contributed by atoms with van der Waals surface area (Å²) in [6.45, 7) is 0.509. The van der Waals surface area contributed by atoms with E-state index in [4.69, 9.17) is 22.1 Å². The third-order valence-corrected chi connectivity index (χ3v) is 6.61. The summed E-state index contributed by atoms with van der Waals surface area (Å²) in [7, 11) is 0. The highest BCUT2D eigenvalue weighted by atomic mass is 35.5. The molecule has 4 heterocycles. The molecule has 2 saturated heterocycles. The van der Waals surface area contributed by atoms with E-state index in [1.54, 1.807) is 4.90 Å². The largest absolute Gasteiger partial charge is 0.489 e. The molecule has 1 amide bonds. The molecule has 1 aromatic heterocycles. The molecule has 2 fully saturated rings. The molecule has 3 N–H and O–H groups in total. The summed E-state index contributed by atoms with van der Waals surface area (Å²) in [5.74, 6) is 0.0369. The minimum Gasteiger partial charge on any atom is -0.489 e. The zero-order valence-corrected chi connectivity index (χ0v) is 18.3. The van der Waals surface area contributed by atoms with Gasteiger partial charge >= 0.3 is 0 Å². The predicted octanol–water partition coefficient (Wildman–Crippen LogP) is 3.15. The van der Waals surface area contributed by atoms with Gasteiger partial charge in [0, 0.05) is 41.8 Å². The molecule has 3 aliphatic heterocycles. The molecule has 32 heavy (non-hydrogen) atoms. The van der Waals surface area contributed by atoms with Gasteiger partial charge in [0.2, 0.25) is 0 Å². The molecule has 2 aromatic rings. The highest BCUT2D eigenvalue weighted by Gasteiger charge is 2.34. The van der Waals surface area contributed by atoms with Crippen LogP contribution in [0.5, 0.6) is 5.75 Å². The molecule has 168 valence electrons. The van der Waals surface area contributed by atoms with E-state index in [9.17, 15) is 9.18 Å². The van der Waals surface area contributed by atoms with Crippen LogP contribution in [0.15, 0.2) is 36.3 Å². The van der Waals surface area contributed by atoms with E-state index in [1.165, 1.54) is 37.0 Å². The SMILES string of the molecule is NC1=C(c2ncc(Cl)cn2)CN(C(=O)c2ccc(F)cc2OC2C[C@H]3CCC[C@@H](C2)N3)C1. The first kappa shape index (κ1) is 21.2. The summed E-state index contributed by atoms with van der Waals surface area (Å²) < 4.78 is 20.3. The average molecular weight is 458 g/mol. The normalized spacial score (nSPS) is 25.2. The number of aromatic nitrogens is 2. The summed E-state index contributed by atoms with van der Waals surface area (Å²) in [6, 6.07) is 4.92. The van der Waals surface area contributed by atoms with Crippen molar-refractivity contribution in [1.29, 1.82) is 0 Å². The van der Waals surface area contributed by atoms with Crippen molar-refractivity contribution in [2.24, 2.45) is 5.73 Å². The maximum Gasteiger partial charge on any atom is 0.258 e. The molecule has 0 aliphatic carbocycles. The second-order valence-corrected chi connectivity index (χ2v) is 9.17. The highest BCUT2D eigenvalue weighted by molar-refractivity contribution is 6.30. The van der Waals surface area contributed by atoms with Gasteiger partial charge in [-0.1, -0.05) is 18.0 Å². The van der Waals surface area contributed by atoms with Crippen molar-refractivity contribution in [3.63, 3.8) is 0 Å². The lowest BCUT2D eigenvalue weighted by Gasteiger charge is -2.40. The fourth-order valence-electron chi connectivity index (χ4n) is 4.91. The van der Waals surface area contributed by atoms with Crippen molar-refractivity contribution < 1.29 is 13.9 Å². The second kappa shape index (κ2) is 8.67. The number of halogens is 2. The summed E-state index contributed by atoms with van der Waals surface area (Å²) in [5.41, 5.74) is 7.74. The summed E-state index contributed by atoms with van der Waals surface area (Å²) in [6.07, 6.45) is 8.14. The van der Waals surface area contributed by atoms with E-state index in [0.29, 0.717) is 39.8 Å². The Hall–Kier alpha value is -2.71. The number of carbonyl (C=O) groups excluding carboxylic acids is 1. The zero-order chi connectivity index (χ0) is 22.2. The van der Waals surface area contributed by atoms with Gasteiger partial charge in [0.15, 0.2) is 5.82 Å². The molecule has 0 saturated carbocycles. The first-order valence-corrected chi connectivity index (χ1v) is 11.3. The van der Waals surface area contributed by atoms with E-state index in [1.807, 2.05) is 0 Å². The standard InChI is InChI=1S/C23H25ClFN5O2/c24-13-9-27-22(28-10-13)19-11-30(12-20(19)26)23(31)18-5-4-14(25)6-21(18)32-17-7-15-2-1-3-16(8-17)29-15/h4-6,9-10,15-17,29H,1-3,7-8,11-12,26H2/t15-,16+,17?. The summed E-state index contributed by atoms with van der Waals surface area (Å²) >= 11 is 5.87. The van der Waals surface area contributed by atoms with Crippen LogP contribution in [0.2, 0.25) is 5.02 Å². The molecule has 9 heteroatoms. The molecule has 1 aromatic carbocycles. The van der Waals surface area contributed by atoms with E-state index in [2.05, 4.69) is 15.3 Å². The summed E-state index contributed by atoms with van der Waals surface area (Å²) in [5, 5.41) is 4.05. The fraction of sp³-hybridized carbons (Fsp3) is 0.435. The van der Waals surface area contributed by atoms with Crippen LogP contribution in [0, 0.1) is 5.82 Å². The molecule has 1 unspecified atom stereocenters. The lowest BCUT2D eigenvalue weighted by atomic mass is 9.85. The second-order valence-electron chi connectivity index (χ2n) is 8.73. The molecule has 0 radical (unpaired) electrons. The monoisotopic (exact) mass is 457 g/mol. The van der Waals surface area contributed by atoms with Crippen LogP contribution in [0.4, 0.5) is 4.39 Å². The first-order chi connectivity index (χ1) is 15.5. The minimum absolute atomic E-state index is 0.0419. The Morgan fingerprint density at radius 2 is 1.91 bits per heavy atom. The Balaban J connectivity index is 1.34. The zero-order valence-electron chi connectivity index (χ0n) is 17.6. The molecular weight excluding hydrogens is 433 g/mol. The average Bonchev–Trinajstić information content (AvgIpc) is 3.15. The molecule has 7 nitrogen and oxygen atoms in total. The Labute approximate surface area is 190 Å². The number of fused-ring (bicyclic) bond motifs is 2.